The molecule has 1 heterocycles. The van der Waals surface area contributed by atoms with Crippen LogP contribution in [0.2, 0.25) is 0 Å². The first kappa shape index (κ1) is 24.3. The minimum absolute atomic E-state index is 0.179. The molecule has 1 aromatic heterocycles. The molecule has 4 rings (SSSR count). The molecule has 0 N–H and O–H groups in total. The van der Waals surface area contributed by atoms with E-state index >= 15 is 0 Å². The maximum Gasteiger partial charge on any atom is 0.266 e. The van der Waals surface area contributed by atoms with Crippen molar-refractivity contribution in [2.24, 2.45) is 0 Å². The third-order valence-electron chi connectivity index (χ3n) is 6.04. The third kappa shape index (κ3) is 5.00. The van der Waals surface area contributed by atoms with Crippen molar-refractivity contribution in [3.63, 3.8) is 0 Å². The first-order valence-electron chi connectivity index (χ1n) is 11.6. The standard InChI is InChI=1S/C28H28FN3O3/c1-4-25(31(17-18-35-3)27(33)20-11-9-19(2)10-12-20)26-30-24-8-6-5-7-23(24)28(34)32(26)22-15-13-21(29)14-16-22/h5-16,25H,4,17-18H2,1-3H3. The van der Waals surface area contributed by atoms with Crippen molar-refractivity contribution in [3.8, 4) is 5.69 Å². The van der Waals surface area contributed by atoms with E-state index in [0.717, 1.165) is 5.56 Å². The first-order chi connectivity index (χ1) is 16.9. The summed E-state index contributed by atoms with van der Waals surface area (Å²) in [7, 11) is 1.58. The lowest BCUT2D eigenvalue weighted by Gasteiger charge is -2.32. The first-order valence-corrected chi connectivity index (χ1v) is 11.6. The van der Waals surface area contributed by atoms with E-state index in [2.05, 4.69) is 0 Å². The topological polar surface area (TPSA) is 64.4 Å². The number of para-hydroxylation sites is 1. The number of hydrogen-bond donors (Lipinski definition) is 0. The number of rotatable bonds is 8. The molecule has 0 spiro atoms. The summed E-state index contributed by atoms with van der Waals surface area (Å²) in [5.41, 5.74) is 2.35. The fourth-order valence-electron chi connectivity index (χ4n) is 4.21. The lowest BCUT2D eigenvalue weighted by Crippen LogP contribution is -2.40. The maximum atomic E-state index is 13.7. The van der Waals surface area contributed by atoms with Crippen LogP contribution in [-0.4, -0.2) is 40.6 Å². The van der Waals surface area contributed by atoms with Gasteiger partial charge in [0.2, 0.25) is 0 Å². The predicted molar refractivity (Wildman–Crippen MR) is 134 cm³/mol. The van der Waals surface area contributed by atoms with Gasteiger partial charge in [-0.3, -0.25) is 14.2 Å². The zero-order chi connectivity index (χ0) is 24.9. The van der Waals surface area contributed by atoms with E-state index in [1.54, 1.807) is 54.5 Å². The van der Waals surface area contributed by atoms with Gasteiger partial charge < -0.3 is 9.64 Å². The molecule has 0 aliphatic heterocycles. The van der Waals surface area contributed by atoms with Gasteiger partial charge in [-0.05, 0) is 61.9 Å². The van der Waals surface area contributed by atoms with E-state index in [9.17, 15) is 14.0 Å². The summed E-state index contributed by atoms with van der Waals surface area (Å²) in [5.74, 6) is -0.165. The Morgan fingerprint density at radius 3 is 2.40 bits per heavy atom. The molecule has 0 saturated carbocycles. The van der Waals surface area contributed by atoms with Crippen LogP contribution in [0.5, 0.6) is 0 Å². The fourth-order valence-corrected chi connectivity index (χ4v) is 4.21. The van der Waals surface area contributed by atoms with Crippen LogP contribution in [0.3, 0.4) is 0 Å². The average molecular weight is 474 g/mol. The highest BCUT2D eigenvalue weighted by molar-refractivity contribution is 5.94. The molecule has 180 valence electrons. The number of carbonyl (C=O) groups excluding carboxylic acids is 1. The number of benzene rings is 3. The molecule has 0 fully saturated rings. The molecule has 0 aliphatic carbocycles. The van der Waals surface area contributed by atoms with Gasteiger partial charge in [0.05, 0.1) is 29.2 Å². The molecular formula is C28H28FN3O3. The molecule has 3 aromatic carbocycles. The van der Waals surface area contributed by atoms with Crippen molar-refractivity contribution < 1.29 is 13.9 Å². The van der Waals surface area contributed by atoms with Gasteiger partial charge in [-0.15, -0.1) is 0 Å². The number of fused-ring (bicyclic) bond motifs is 1. The van der Waals surface area contributed by atoms with Gasteiger partial charge in [0, 0.05) is 19.2 Å². The number of halogens is 1. The Labute approximate surface area is 203 Å². The number of aryl methyl sites for hydroxylation is 1. The van der Waals surface area contributed by atoms with Gasteiger partial charge in [-0.25, -0.2) is 9.37 Å². The quantitative estimate of drug-likeness (QED) is 0.358. The van der Waals surface area contributed by atoms with E-state index in [0.29, 0.717) is 47.6 Å². The van der Waals surface area contributed by atoms with Gasteiger partial charge in [-0.1, -0.05) is 36.8 Å². The van der Waals surface area contributed by atoms with Crippen LogP contribution >= 0.6 is 0 Å². The van der Waals surface area contributed by atoms with E-state index in [1.807, 2.05) is 32.0 Å². The summed E-state index contributed by atoms with van der Waals surface area (Å²) in [6.07, 6.45) is 0.507. The highest BCUT2D eigenvalue weighted by Gasteiger charge is 2.29. The normalized spacial score (nSPS) is 12.0. The largest absolute Gasteiger partial charge is 0.383 e. The van der Waals surface area contributed by atoms with E-state index in [4.69, 9.17) is 9.72 Å². The number of hydrogen-bond acceptors (Lipinski definition) is 4. The Hall–Kier alpha value is -3.84. The lowest BCUT2D eigenvalue weighted by atomic mass is 10.1. The zero-order valence-electron chi connectivity index (χ0n) is 20.1. The van der Waals surface area contributed by atoms with Crippen molar-refractivity contribution in [2.45, 2.75) is 26.3 Å². The van der Waals surface area contributed by atoms with Crippen molar-refractivity contribution in [1.82, 2.24) is 14.5 Å². The van der Waals surface area contributed by atoms with Crippen LogP contribution in [0, 0.1) is 12.7 Å². The Bertz CT molecular complexity index is 1380. The van der Waals surface area contributed by atoms with Crippen LogP contribution < -0.4 is 5.56 Å². The van der Waals surface area contributed by atoms with Gasteiger partial charge in [0.1, 0.15) is 11.6 Å². The zero-order valence-corrected chi connectivity index (χ0v) is 20.1. The second kappa shape index (κ2) is 10.6. The summed E-state index contributed by atoms with van der Waals surface area (Å²) in [4.78, 5) is 33.9. The molecule has 0 aliphatic rings. The molecule has 1 atom stereocenters. The Kier molecular flexibility index (Phi) is 7.36. The van der Waals surface area contributed by atoms with Crippen LogP contribution in [0.1, 0.15) is 41.1 Å². The molecule has 0 saturated heterocycles. The number of methoxy groups -OCH3 is 1. The highest BCUT2D eigenvalue weighted by Crippen LogP contribution is 2.27. The molecular weight excluding hydrogens is 445 g/mol. The Balaban J connectivity index is 1.92. The lowest BCUT2D eigenvalue weighted by molar-refractivity contribution is 0.0579. The fraction of sp³-hybridized carbons (Fsp3) is 0.250. The van der Waals surface area contributed by atoms with Gasteiger partial charge in [0.15, 0.2) is 0 Å². The van der Waals surface area contributed by atoms with Crippen LogP contribution in [0.15, 0.2) is 77.6 Å². The second-order valence-corrected chi connectivity index (χ2v) is 8.39. The van der Waals surface area contributed by atoms with Crippen molar-refractivity contribution in [3.05, 3.63) is 106 Å². The predicted octanol–water partition coefficient (Wildman–Crippen LogP) is 5.07. The molecule has 6 nitrogen and oxygen atoms in total. The van der Waals surface area contributed by atoms with Gasteiger partial charge in [-0.2, -0.15) is 0 Å². The van der Waals surface area contributed by atoms with Crippen LogP contribution in [-0.2, 0) is 4.74 Å². The molecule has 0 radical (unpaired) electrons. The maximum absolute atomic E-state index is 13.7. The minimum atomic E-state index is -0.527. The smallest absolute Gasteiger partial charge is 0.266 e. The molecule has 4 aromatic rings. The average Bonchev–Trinajstić information content (AvgIpc) is 2.87. The monoisotopic (exact) mass is 473 g/mol. The Morgan fingerprint density at radius 2 is 1.74 bits per heavy atom. The molecule has 7 heteroatoms. The van der Waals surface area contributed by atoms with Crippen molar-refractivity contribution >= 4 is 16.8 Å². The number of ether oxygens (including phenoxy) is 1. The van der Waals surface area contributed by atoms with Crippen molar-refractivity contribution in [1.29, 1.82) is 0 Å². The van der Waals surface area contributed by atoms with E-state index in [-0.39, 0.29) is 11.5 Å². The second-order valence-electron chi connectivity index (χ2n) is 8.39. The number of amides is 1. The van der Waals surface area contributed by atoms with Crippen molar-refractivity contribution in [2.75, 3.05) is 20.3 Å². The summed E-state index contributed by atoms with van der Waals surface area (Å²) < 4.78 is 20.5. The summed E-state index contributed by atoms with van der Waals surface area (Å²) in [5, 5.41) is 0.448. The summed E-state index contributed by atoms with van der Waals surface area (Å²) in [6.45, 7) is 4.55. The SMILES string of the molecule is CCC(c1nc2ccccc2c(=O)n1-c1ccc(F)cc1)N(CCOC)C(=O)c1ccc(C)cc1. The number of nitrogens with zero attached hydrogens (tertiary/aromatic N) is 3. The van der Waals surface area contributed by atoms with E-state index in [1.165, 1.54) is 16.7 Å². The Morgan fingerprint density at radius 1 is 1.06 bits per heavy atom. The highest BCUT2D eigenvalue weighted by atomic mass is 19.1. The number of aromatic nitrogens is 2. The summed E-state index contributed by atoms with van der Waals surface area (Å²) in [6, 6.07) is 19.7. The van der Waals surface area contributed by atoms with Gasteiger partial charge in [0.25, 0.3) is 11.5 Å². The van der Waals surface area contributed by atoms with Crippen LogP contribution in [0.25, 0.3) is 16.6 Å². The van der Waals surface area contributed by atoms with E-state index < -0.39 is 11.9 Å². The minimum Gasteiger partial charge on any atom is -0.383 e. The number of carbonyl (C=O) groups is 1. The molecule has 1 unspecified atom stereocenters. The molecule has 1 amide bonds. The molecule has 0 bridgehead atoms. The van der Waals surface area contributed by atoms with Crippen LogP contribution in [0.4, 0.5) is 4.39 Å². The van der Waals surface area contributed by atoms with Gasteiger partial charge >= 0.3 is 0 Å². The molecule has 35 heavy (non-hydrogen) atoms. The summed E-state index contributed by atoms with van der Waals surface area (Å²) >= 11 is 0. The third-order valence-corrected chi connectivity index (χ3v) is 6.04.